The number of hydrogen-bond acceptors (Lipinski definition) is 5. The molecular weight excluding hydrogens is 512 g/mol. The van der Waals surface area contributed by atoms with E-state index in [4.69, 9.17) is 11.6 Å². The van der Waals surface area contributed by atoms with Gasteiger partial charge < -0.3 is 14.8 Å². The second kappa shape index (κ2) is 11.6. The van der Waals surface area contributed by atoms with E-state index in [9.17, 15) is 4.79 Å². The molecule has 1 spiro atoms. The normalized spacial score (nSPS) is 19.8. The highest BCUT2D eigenvalue weighted by atomic mass is 35.5. The number of likely N-dealkylation sites (tertiary alicyclic amines) is 1. The number of hydrogen-bond donors (Lipinski definition) is 1. The molecule has 7 heteroatoms. The second-order valence-electron chi connectivity index (χ2n) is 11.3. The molecule has 6 rings (SSSR count). The zero-order valence-corrected chi connectivity index (χ0v) is 24.8. The van der Waals surface area contributed by atoms with Crippen LogP contribution in [0.5, 0.6) is 0 Å². The molecule has 0 amide bonds. The van der Waals surface area contributed by atoms with Crippen LogP contribution in [0, 0.1) is 12.3 Å². The summed E-state index contributed by atoms with van der Waals surface area (Å²) in [6.07, 6.45) is 11.6. The van der Waals surface area contributed by atoms with Crippen molar-refractivity contribution in [3.8, 4) is 0 Å². The van der Waals surface area contributed by atoms with Gasteiger partial charge in [0.2, 0.25) is 0 Å². The minimum absolute atomic E-state index is 0.0208. The van der Waals surface area contributed by atoms with Crippen LogP contribution in [0.3, 0.4) is 0 Å². The van der Waals surface area contributed by atoms with Crippen LogP contribution in [0.2, 0.25) is 5.15 Å². The van der Waals surface area contributed by atoms with Gasteiger partial charge in [0, 0.05) is 33.5 Å². The zero-order chi connectivity index (χ0) is 26.9. The number of anilines is 2. The predicted molar refractivity (Wildman–Crippen MR) is 162 cm³/mol. The number of aromatic nitrogens is 2. The summed E-state index contributed by atoms with van der Waals surface area (Å²) in [7, 11) is 2.24. The fourth-order valence-electron chi connectivity index (χ4n) is 6.50. The summed E-state index contributed by atoms with van der Waals surface area (Å²) in [6, 6.07) is 10.6. The monoisotopic (exact) mass is 552 g/mol. The van der Waals surface area contributed by atoms with Crippen molar-refractivity contribution in [1.82, 2.24) is 14.5 Å². The first-order valence-corrected chi connectivity index (χ1v) is 15.6. The summed E-state index contributed by atoms with van der Waals surface area (Å²) in [6.45, 7) is 8.62. The molecule has 38 heavy (non-hydrogen) atoms. The first kappa shape index (κ1) is 27.5. The van der Waals surface area contributed by atoms with Crippen LogP contribution in [-0.4, -0.2) is 39.8 Å². The lowest BCUT2D eigenvalue weighted by Crippen LogP contribution is -2.47. The summed E-state index contributed by atoms with van der Waals surface area (Å²) in [5.41, 5.74) is 4.25. The molecule has 2 aliphatic carbocycles. The van der Waals surface area contributed by atoms with Gasteiger partial charge in [-0.25, -0.2) is 4.98 Å². The predicted octanol–water partition coefficient (Wildman–Crippen LogP) is 8.21. The number of fused-ring (bicyclic) bond motifs is 1. The van der Waals surface area contributed by atoms with Gasteiger partial charge in [-0.1, -0.05) is 38.3 Å². The molecule has 1 N–H and O–H groups in total. The van der Waals surface area contributed by atoms with E-state index < -0.39 is 0 Å². The van der Waals surface area contributed by atoms with Gasteiger partial charge in [0.05, 0.1) is 5.52 Å². The number of benzene rings is 1. The summed E-state index contributed by atoms with van der Waals surface area (Å²) in [4.78, 5) is 21.7. The van der Waals surface area contributed by atoms with Gasteiger partial charge in [-0.2, -0.15) is 0 Å². The summed E-state index contributed by atoms with van der Waals surface area (Å²) in [5, 5.41) is 5.55. The van der Waals surface area contributed by atoms with Crippen LogP contribution >= 0.6 is 23.4 Å². The summed E-state index contributed by atoms with van der Waals surface area (Å²) < 4.78 is 1.95. The zero-order valence-electron chi connectivity index (χ0n) is 23.2. The lowest BCUT2D eigenvalue weighted by molar-refractivity contribution is 0.0491. The third kappa shape index (κ3) is 5.64. The van der Waals surface area contributed by atoms with Gasteiger partial charge in [-0.15, -0.1) is 11.8 Å². The Morgan fingerprint density at radius 2 is 1.76 bits per heavy atom. The fourth-order valence-corrected chi connectivity index (χ4v) is 8.30. The summed E-state index contributed by atoms with van der Waals surface area (Å²) >= 11 is 8.23. The third-order valence-corrected chi connectivity index (χ3v) is 10.1. The smallest absolute Gasteiger partial charge is 0.274 e. The SMILES string of the molecule is CC.Cc1cc(SC2CC3(CCN(C)CC3)C2)ccc1Nc1cc2cnc(Cl)cc2n(C2CCCC2)c1=O. The molecule has 0 radical (unpaired) electrons. The van der Waals surface area contributed by atoms with E-state index in [1.54, 1.807) is 6.20 Å². The van der Waals surface area contributed by atoms with Crippen molar-refractivity contribution in [2.75, 3.05) is 25.5 Å². The van der Waals surface area contributed by atoms with E-state index in [0.29, 0.717) is 16.3 Å². The standard InChI is InChI=1S/C29H35ClN4OS.C2H6/c1-19-13-22(36-23-16-29(17-23)9-11-33(2)12-10-29)7-8-24(19)32-25-14-20-18-31-27(30)15-26(20)34(28(25)35)21-5-3-4-6-21;1-2/h7-8,13-15,18,21,23,32H,3-6,9-12,16-17H2,1-2H3;1-2H3. The number of nitrogens with zero attached hydrogens (tertiary/aromatic N) is 3. The highest BCUT2D eigenvalue weighted by Gasteiger charge is 2.45. The third-order valence-electron chi connectivity index (χ3n) is 8.72. The van der Waals surface area contributed by atoms with Gasteiger partial charge in [-0.3, -0.25) is 4.79 Å². The maximum Gasteiger partial charge on any atom is 0.274 e. The molecule has 5 nitrogen and oxygen atoms in total. The van der Waals surface area contributed by atoms with Crippen molar-refractivity contribution in [2.24, 2.45) is 5.41 Å². The minimum Gasteiger partial charge on any atom is -0.351 e. The molecule has 204 valence electrons. The van der Waals surface area contributed by atoms with E-state index in [-0.39, 0.29) is 11.6 Å². The molecule has 3 aliphatic rings. The van der Waals surface area contributed by atoms with Gasteiger partial charge in [0.15, 0.2) is 0 Å². The Hall–Kier alpha value is -2.02. The number of halogens is 1. The first-order chi connectivity index (χ1) is 18.4. The van der Waals surface area contributed by atoms with Crippen molar-refractivity contribution in [3.63, 3.8) is 0 Å². The molecule has 1 aromatic carbocycles. The first-order valence-electron chi connectivity index (χ1n) is 14.3. The van der Waals surface area contributed by atoms with Gasteiger partial charge >= 0.3 is 0 Å². The van der Waals surface area contributed by atoms with Crippen LogP contribution in [-0.2, 0) is 0 Å². The maximum atomic E-state index is 13.7. The van der Waals surface area contributed by atoms with Crippen molar-refractivity contribution >= 4 is 45.6 Å². The Balaban J connectivity index is 0.00000144. The number of thioether (sulfide) groups is 1. The molecule has 0 unspecified atom stereocenters. The summed E-state index contributed by atoms with van der Waals surface area (Å²) in [5.74, 6) is 0. The Morgan fingerprint density at radius 1 is 1.05 bits per heavy atom. The minimum atomic E-state index is 0.0208. The molecular formula is C31H41ClN4OS. The number of aryl methyl sites for hydroxylation is 1. The van der Waals surface area contributed by atoms with Crippen LogP contribution in [0.1, 0.15) is 76.8 Å². The van der Waals surface area contributed by atoms with Crippen LogP contribution < -0.4 is 10.9 Å². The van der Waals surface area contributed by atoms with Crippen molar-refractivity contribution in [3.05, 3.63) is 57.6 Å². The Bertz CT molecular complexity index is 1330. The highest BCUT2D eigenvalue weighted by Crippen LogP contribution is 2.54. The van der Waals surface area contributed by atoms with Crippen molar-refractivity contribution in [2.45, 2.75) is 88.3 Å². The van der Waals surface area contributed by atoms with E-state index >= 15 is 0 Å². The number of rotatable bonds is 5. The van der Waals surface area contributed by atoms with Gasteiger partial charge in [0.25, 0.3) is 5.56 Å². The van der Waals surface area contributed by atoms with E-state index in [2.05, 4.69) is 47.4 Å². The molecule has 3 heterocycles. The topological polar surface area (TPSA) is 50.2 Å². The average molecular weight is 553 g/mol. The highest BCUT2D eigenvalue weighted by molar-refractivity contribution is 8.00. The molecule has 1 saturated heterocycles. The van der Waals surface area contributed by atoms with E-state index in [1.807, 2.05) is 42.3 Å². The maximum absolute atomic E-state index is 13.7. The van der Waals surface area contributed by atoms with E-state index in [1.165, 1.54) is 43.7 Å². The molecule has 2 aromatic heterocycles. The van der Waals surface area contributed by atoms with Crippen LogP contribution in [0.4, 0.5) is 11.4 Å². The van der Waals surface area contributed by atoms with Crippen LogP contribution in [0.25, 0.3) is 10.9 Å². The van der Waals surface area contributed by atoms with Crippen LogP contribution in [0.15, 0.2) is 46.2 Å². The lowest BCUT2D eigenvalue weighted by Gasteiger charge is -2.51. The van der Waals surface area contributed by atoms with Gasteiger partial charge in [-0.05, 0) is 107 Å². The lowest BCUT2D eigenvalue weighted by atomic mass is 9.63. The molecule has 2 saturated carbocycles. The fraction of sp³-hybridized carbons (Fsp3) is 0.548. The molecule has 3 fully saturated rings. The Morgan fingerprint density at radius 3 is 2.45 bits per heavy atom. The Labute approximate surface area is 236 Å². The molecule has 0 atom stereocenters. The van der Waals surface area contributed by atoms with Crippen molar-refractivity contribution in [1.29, 1.82) is 0 Å². The van der Waals surface area contributed by atoms with Crippen molar-refractivity contribution < 1.29 is 0 Å². The number of pyridine rings is 2. The molecule has 0 bridgehead atoms. The number of piperidine rings is 1. The quantitative estimate of drug-likeness (QED) is 0.323. The van der Waals surface area contributed by atoms with Gasteiger partial charge in [0.1, 0.15) is 10.8 Å². The average Bonchev–Trinajstić information content (AvgIpc) is 3.42. The van der Waals surface area contributed by atoms with E-state index in [0.717, 1.165) is 53.1 Å². The molecule has 1 aliphatic heterocycles. The largest absolute Gasteiger partial charge is 0.351 e. The number of nitrogens with one attached hydrogen (secondary N) is 1. The Kier molecular flexibility index (Phi) is 8.42. The molecule has 3 aromatic rings. The second-order valence-corrected chi connectivity index (χ2v) is 13.1.